The molecule has 9 heteroatoms. The second-order valence-electron chi connectivity index (χ2n) is 9.78. The van der Waals surface area contributed by atoms with E-state index in [9.17, 15) is 18.8 Å². The number of carbonyl (C=O) groups excluding carboxylic acids is 3. The molecule has 0 aliphatic carbocycles. The SMILES string of the molecule is CC(C)(C)C(=O)N1CCCC(C(=O)Nc2ccc(F)c(NC(=O)CCN3CCOCC3)c2)C1. The number of anilines is 2. The minimum Gasteiger partial charge on any atom is -0.379 e. The van der Waals surface area contributed by atoms with Crippen LogP contribution in [0.5, 0.6) is 0 Å². The topological polar surface area (TPSA) is 91.0 Å². The van der Waals surface area contributed by atoms with Gasteiger partial charge in [0.15, 0.2) is 0 Å². The fourth-order valence-electron chi connectivity index (χ4n) is 4.09. The predicted molar refractivity (Wildman–Crippen MR) is 124 cm³/mol. The number of amides is 3. The molecule has 2 aliphatic rings. The summed E-state index contributed by atoms with van der Waals surface area (Å²) in [5.74, 6) is -1.36. The summed E-state index contributed by atoms with van der Waals surface area (Å²) >= 11 is 0. The zero-order chi connectivity index (χ0) is 24.0. The normalized spacial score (nSPS) is 19.8. The van der Waals surface area contributed by atoms with Gasteiger partial charge in [-0.2, -0.15) is 0 Å². The van der Waals surface area contributed by atoms with Crippen molar-refractivity contribution in [2.75, 3.05) is 56.6 Å². The maximum absolute atomic E-state index is 14.3. The van der Waals surface area contributed by atoms with Gasteiger partial charge in [-0.3, -0.25) is 19.3 Å². The molecule has 0 spiro atoms. The first-order valence-electron chi connectivity index (χ1n) is 11.6. The Bertz CT molecular complexity index is 865. The third-order valence-corrected chi connectivity index (χ3v) is 5.99. The van der Waals surface area contributed by atoms with E-state index in [0.29, 0.717) is 45.0 Å². The summed E-state index contributed by atoms with van der Waals surface area (Å²) in [6.45, 7) is 10.1. The van der Waals surface area contributed by atoms with Gasteiger partial charge < -0.3 is 20.3 Å². The third-order valence-electron chi connectivity index (χ3n) is 5.99. The summed E-state index contributed by atoms with van der Waals surface area (Å²) in [6, 6.07) is 4.13. The average Bonchev–Trinajstić information content (AvgIpc) is 2.79. The van der Waals surface area contributed by atoms with Crippen LogP contribution in [-0.4, -0.2) is 73.5 Å². The fraction of sp³-hybridized carbons (Fsp3) is 0.625. The molecular weight excluding hydrogens is 427 g/mol. The van der Waals surface area contributed by atoms with Crippen LogP contribution in [0.3, 0.4) is 0 Å². The van der Waals surface area contributed by atoms with Crippen molar-refractivity contribution in [1.29, 1.82) is 0 Å². The predicted octanol–water partition coefficient (Wildman–Crippen LogP) is 2.71. The highest BCUT2D eigenvalue weighted by atomic mass is 19.1. The summed E-state index contributed by atoms with van der Waals surface area (Å²) in [5.41, 5.74) is -0.0541. The zero-order valence-corrected chi connectivity index (χ0v) is 19.8. The Labute approximate surface area is 194 Å². The van der Waals surface area contributed by atoms with Crippen LogP contribution in [0.2, 0.25) is 0 Å². The van der Waals surface area contributed by atoms with Gasteiger partial charge in [0.1, 0.15) is 5.82 Å². The number of hydrogen-bond donors (Lipinski definition) is 2. The molecule has 1 atom stereocenters. The number of benzene rings is 1. The number of ether oxygens (including phenoxy) is 1. The second-order valence-corrected chi connectivity index (χ2v) is 9.78. The van der Waals surface area contributed by atoms with Crippen molar-refractivity contribution in [2.24, 2.45) is 11.3 Å². The van der Waals surface area contributed by atoms with E-state index in [1.165, 1.54) is 18.2 Å². The molecule has 3 rings (SSSR count). The molecule has 182 valence electrons. The van der Waals surface area contributed by atoms with Crippen LogP contribution in [0.15, 0.2) is 18.2 Å². The summed E-state index contributed by atoms with van der Waals surface area (Å²) in [4.78, 5) is 41.6. The third kappa shape index (κ3) is 7.23. The standard InChI is InChI=1S/C24H35FN4O4/c1-24(2,3)23(32)29-9-4-5-17(16-29)22(31)26-18-6-7-19(25)20(15-18)27-21(30)8-10-28-11-13-33-14-12-28/h6-7,15,17H,4-5,8-14,16H2,1-3H3,(H,26,31)(H,27,30). The highest BCUT2D eigenvalue weighted by Crippen LogP contribution is 2.25. The summed E-state index contributed by atoms with van der Waals surface area (Å²) < 4.78 is 19.6. The minimum absolute atomic E-state index is 0.0314. The van der Waals surface area contributed by atoms with Crippen molar-refractivity contribution < 1.29 is 23.5 Å². The van der Waals surface area contributed by atoms with Crippen LogP contribution in [0, 0.1) is 17.2 Å². The van der Waals surface area contributed by atoms with E-state index in [0.717, 1.165) is 19.5 Å². The summed E-state index contributed by atoms with van der Waals surface area (Å²) in [7, 11) is 0. The summed E-state index contributed by atoms with van der Waals surface area (Å²) in [6.07, 6.45) is 1.69. The smallest absolute Gasteiger partial charge is 0.229 e. The van der Waals surface area contributed by atoms with Gasteiger partial charge in [0.05, 0.1) is 24.8 Å². The molecule has 2 N–H and O–H groups in total. The average molecular weight is 463 g/mol. The Morgan fingerprint density at radius 2 is 1.85 bits per heavy atom. The molecule has 3 amide bonds. The van der Waals surface area contributed by atoms with Crippen LogP contribution >= 0.6 is 0 Å². The number of morpholine rings is 1. The van der Waals surface area contributed by atoms with Gasteiger partial charge >= 0.3 is 0 Å². The number of piperidine rings is 1. The van der Waals surface area contributed by atoms with Crippen molar-refractivity contribution in [3.63, 3.8) is 0 Å². The van der Waals surface area contributed by atoms with Crippen molar-refractivity contribution in [2.45, 2.75) is 40.0 Å². The molecule has 0 bridgehead atoms. The number of likely N-dealkylation sites (tertiary alicyclic amines) is 1. The van der Waals surface area contributed by atoms with E-state index in [1.807, 2.05) is 20.8 Å². The molecule has 1 aromatic carbocycles. The monoisotopic (exact) mass is 462 g/mol. The molecule has 2 fully saturated rings. The van der Waals surface area contributed by atoms with Crippen LogP contribution in [0.4, 0.5) is 15.8 Å². The quantitative estimate of drug-likeness (QED) is 0.678. The molecule has 8 nitrogen and oxygen atoms in total. The van der Waals surface area contributed by atoms with E-state index < -0.39 is 11.2 Å². The highest BCUT2D eigenvalue weighted by Gasteiger charge is 2.33. The van der Waals surface area contributed by atoms with Gasteiger partial charge in [0.2, 0.25) is 17.7 Å². The molecule has 0 radical (unpaired) electrons. The number of carbonyl (C=O) groups is 3. The van der Waals surface area contributed by atoms with Crippen molar-refractivity contribution >= 4 is 29.1 Å². The second kappa shape index (κ2) is 11.1. The molecule has 0 aromatic heterocycles. The first-order valence-corrected chi connectivity index (χ1v) is 11.6. The minimum atomic E-state index is -0.563. The highest BCUT2D eigenvalue weighted by molar-refractivity contribution is 5.95. The number of halogens is 1. The van der Waals surface area contributed by atoms with Gasteiger partial charge in [-0.25, -0.2) is 4.39 Å². The van der Waals surface area contributed by atoms with Crippen LogP contribution < -0.4 is 10.6 Å². The Morgan fingerprint density at radius 1 is 1.12 bits per heavy atom. The lowest BCUT2D eigenvalue weighted by Crippen LogP contribution is -2.47. The number of hydrogen-bond acceptors (Lipinski definition) is 5. The van der Waals surface area contributed by atoms with Crippen molar-refractivity contribution in [3.8, 4) is 0 Å². The van der Waals surface area contributed by atoms with Gasteiger partial charge in [0, 0.05) is 50.2 Å². The first-order chi connectivity index (χ1) is 15.6. The van der Waals surface area contributed by atoms with Crippen molar-refractivity contribution in [1.82, 2.24) is 9.80 Å². The van der Waals surface area contributed by atoms with Crippen LogP contribution in [0.1, 0.15) is 40.0 Å². The van der Waals surface area contributed by atoms with E-state index in [2.05, 4.69) is 15.5 Å². The molecule has 33 heavy (non-hydrogen) atoms. The summed E-state index contributed by atoms with van der Waals surface area (Å²) in [5, 5.41) is 5.42. The molecule has 1 unspecified atom stereocenters. The zero-order valence-electron chi connectivity index (χ0n) is 19.8. The van der Waals surface area contributed by atoms with Crippen LogP contribution in [0.25, 0.3) is 0 Å². The number of nitrogens with one attached hydrogen (secondary N) is 2. The van der Waals surface area contributed by atoms with E-state index in [4.69, 9.17) is 4.74 Å². The maximum atomic E-state index is 14.3. The van der Waals surface area contributed by atoms with Gasteiger partial charge in [0.25, 0.3) is 0 Å². The Kier molecular flexibility index (Phi) is 8.42. The molecular formula is C24H35FN4O4. The van der Waals surface area contributed by atoms with E-state index >= 15 is 0 Å². The lowest BCUT2D eigenvalue weighted by molar-refractivity contribution is -0.142. The molecule has 2 heterocycles. The lowest BCUT2D eigenvalue weighted by Gasteiger charge is -2.35. The molecule has 0 saturated carbocycles. The van der Waals surface area contributed by atoms with Gasteiger partial charge in [-0.1, -0.05) is 20.8 Å². The Hall–Kier alpha value is -2.52. The fourth-order valence-corrected chi connectivity index (χ4v) is 4.09. The van der Waals surface area contributed by atoms with Gasteiger partial charge in [-0.05, 0) is 31.0 Å². The molecule has 1 aromatic rings. The van der Waals surface area contributed by atoms with Crippen molar-refractivity contribution in [3.05, 3.63) is 24.0 Å². The van der Waals surface area contributed by atoms with E-state index in [-0.39, 0.29) is 35.7 Å². The number of rotatable bonds is 6. The largest absolute Gasteiger partial charge is 0.379 e. The molecule has 2 saturated heterocycles. The molecule has 2 aliphatic heterocycles. The number of nitrogens with zero attached hydrogens (tertiary/aromatic N) is 2. The lowest BCUT2D eigenvalue weighted by atomic mass is 9.91. The Morgan fingerprint density at radius 3 is 2.55 bits per heavy atom. The Balaban J connectivity index is 1.55. The first kappa shape index (κ1) is 25.1. The van der Waals surface area contributed by atoms with Gasteiger partial charge in [-0.15, -0.1) is 0 Å². The van der Waals surface area contributed by atoms with E-state index in [1.54, 1.807) is 4.90 Å². The van der Waals surface area contributed by atoms with Crippen LogP contribution in [-0.2, 0) is 19.1 Å². The maximum Gasteiger partial charge on any atom is 0.229 e.